The van der Waals surface area contributed by atoms with Gasteiger partial charge in [-0.1, -0.05) is 72.8 Å². The van der Waals surface area contributed by atoms with E-state index >= 15 is 0 Å². The van der Waals surface area contributed by atoms with Crippen molar-refractivity contribution >= 4 is 62.5 Å². The fraction of sp³-hybridized carbons (Fsp3) is 0. The van der Waals surface area contributed by atoms with Gasteiger partial charge in [0.1, 0.15) is 0 Å². The van der Waals surface area contributed by atoms with Crippen LogP contribution in [0.4, 0.5) is 11.4 Å². The summed E-state index contributed by atoms with van der Waals surface area (Å²) in [5, 5.41) is 28.2. The molecule has 0 atom stereocenters. The van der Waals surface area contributed by atoms with Crippen LogP contribution >= 0.6 is 0 Å². The minimum absolute atomic E-state index is 0.0142. The molecule has 9 heteroatoms. The van der Waals surface area contributed by atoms with E-state index in [2.05, 4.69) is 10.6 Å². The molecule has 46 heavy (non-hydrogen) atoms. The standard InChI is InChI=1S/C37H24N2O7/c40-33(23-15-17-31(29(19-23)36(43)44)38-34(41)27-13-5-9-21-7-1-3-11-25(21)27)24-16-18-32(30(20-24)37(45)46)39-35(42)28-14-6-10-22-8-2-4-12-26(22)28/h1-20H,(H,38,41)(H,39,42)(H,43,44)(H,45,46). The number of amides is 2. The SMILES string of the molecule is O=C(c1ccc(NC(=O)c2cccc3ccccc23)c(C(=O)O)c1)c1ccc(NC(=O)c2cccc3ccccc23)c(C(=O)O)c1. The maximum absolute atomic E-state index is 13.4. The quantitative estimate of drug-likeness (QED) is 0.134. The van der Waals surface area contributed by atoms with Crippen LogP contribution in [0.5, 0.6) is 0 Å². The van der Waals surface area contributed by atoms with Crippen molar-refractivity contribution in [1.82, 2.24) is 0 Å². The van der Waals surface area contributed by atoms with E-state index in [4.69, 9.17) is 0 Å². The van der Waals surface area contributed by atoms with E-state index < -0.39 is 29.5 Å². The number of ketones is 1. The molecule has 0 saturated carbocycles. The van der Waals surface area contributed by atoms with E-state index in [0.29, 0.717) is 21.9 Å². The second-order valence-electron chi connectivity index (χ2n) is 10.4. The third kappa shape index (κ3) is 5.68. The summed E-state index contributed by atoms with van der Waals surface area (Å²) in [6, 6.07) is 32.6. The number of carbonyl (C=O) groups is 5. The number of rotatable bonds is 8. The van der Waals surface area contributed by atoms with Gasteiger partial charge in [-0.2, -0.15) is 0 Å². The summed E-state index contributed by atoms with van der Waals surface area (Å²) in [6.07, 6.45) is 0. The highest BCUT2D eigenvalue weighted by Crippen LogP contribution is 2.26. The van der Waals surface area contributed by atoms with Crippen LogP contribution in [0.25, 0.3) is 21.5 Å². The zero-order valence-corrected chi connectivity index (χ0v) is 24.0. The molecule has 0 heterocycles. The monoisotopic (exact) mass is 608 g/mol. The van der Waals surface area contributed by atoms with Gasteiger partial charge >= 0.3 is 11.9 Å². The Kier molecular flexibility index (Phi) is 7.80. The first-order chi connectivity index (χ1) is 22.2. The average molecular weight is 609 g/mol. The van der Waals surface area contributed by atoms with Crippen LogP contribution in [0, 0.1) is 0 Å². The van der Waals surface area contributed by atoms with E-state index in [9.17, 15) is 34.2 Å². The Morgan fingerprint density at radius 1 is 0.435 bits per heavy atom. The van der Waals surface area contributed by atoms with E-state index in [1.807, 2.05) is 36.4 Å². The third-order valence-electron chi connectivity index (χ3n) is 7.59. The minimum atomic E-state index is -1.37. The summed E-state index contributed by atoms with van der Waals surface area (Å²) in [5.41, 5.74) is -0.0473. The van der Waals surface area contributed by atoms with Gasteiger partial charge in [0, 0.05) is 22.3 Å². The first-order valence-corrected chi connectivity index (χ1v) is 14.1. The number of carboxylic acid groups (broad SMARTS) is 2. The van der Waals surface area contributed by atoms with E-state index in [0.717, 1.165) is 22.9 Å². The number of benzene rings is 6. The van der Waals surface area contributed by atoms with Crippen LogP contribution in [0.15, 0.2) is 121 Å². The highest BCUT2D eigenvalue weighted by molar-refractivity contribution is 6.17. The van der Waals surface area contributed by atoms with Crippen molar-refractivity contribution in [2.75, 3.05) is 10.6 Å². The third-order valence-corrected chi connectivity index (χ3v) is 7.59. The molecule has 0 radical (unpaired) electrons. The molecule has 0 fully saturated rings. The molecule has 6 aromatic carbocycles. The number of nitrogens with one attached hydrogen (secondary N) is 2. The summed E-state index contributed by atoms with van der Waals surface area (Å²) in [7, 11) is 0. The van der Waals surface area contributed by atoms with Crippen LogP contribution < -0.4 is 10.6 Å². The van der Waals surface area contributed by atoms with Crippen molar-refractivity contribution < 1.29 is 34.2 Å². The molecule has 0 saturated heterocycles. The van der Waals surface area contributed by atoms with Crippen molar-refractivity contribution in [3.63, 3.8) is 0 Å². The molecule has 0 unspecified atom stereocenters. The highest BCUT2D eigenvalue weighted by Gasteiger charge is 2.21. The Balaban J connectivity index is 1.27. The topological polar surface area (TPSA) is 150 Å². The molecule has 6 aromatic rings. The second kappa shape index (κ2) is 12.2. The van der Waals surface area contributed by atoms with Gasteiger partial charge in [0.15, 0.2) is 5.78 Å². The van der Waals surface area contributed by atoms with Crippen molar-refractivity contribution in [3.05, 3.63) is 155 Å². The smallest absolute Gasteiger partial charge is 0.337 e. The van der Waals surface area contributed by atoms with Crippen LogP contribution in [0.2, 0.25) is 0 Å². The molecular weight excluding hydrogens is 584 g/mol. The number of hydrogen-bond acceptors (Lipinski definition) is 5. The lowest BCUT2D eigenvalue weighted by atomic mass is 9.97. The van der Waals surface area contributed by atoms with Crippen LogP contribution in [-0.2, 0) is 0 Å². The summed E-state index contributed by atoms with van der Waals surface area (Å²) in [5.74, 6) is -4.44. The predicted molar refractivity (Wildman–Crippen MR) is 174 cm³/mol. The van der Waals surface area contributed by atoms with Gasteiger partial charge in [-0.3, -0.25) is 14.4 Å². The summed E-state index contributed by atoms with van der Waals surface area (Å²) in [6.45, 7) is 0. The highest BCUT2D eigenvalue weighted by atomic mass is 16.4. The first kappa shape index (κ1) is 29.5. The summed E-state index contributed by atoms with van der Waals surface area (Å²) >= 11 is 0. The first-order valence-electron chi connectivity index (χ1n) is 14.1. The van der Waals surface area contributed by atoms with Gasteiger partial charge in [0.2, 0.25) is 0 Å². The fourth-order valence-corrected chi connectivity index (χ4v) is 5.34. The number of anilines is 2. The van der Waals surface area contributed by atoms with Gasteiger partial charge in [-0.25, -0.2) is 9.59 Å². The van der Waals surface area contributed by atoms with Gasteiger partial charge in [-0.05, 0) is 70.1 Å². The predicted octanol–water partition coefficient (Wildman–Crippen LogP) is 7.13. The Hall–Kier alpha value is -6.61. The Morgan fingerprint density at radius 3 is 1.24 bits per heavy atom. The van der Waals surface area contributed by atoms with Gasteiger partial charge in [0.05, 0.1) is 22.5 Å². The van der Waals surface area contributed by atoms with Gasteiger partial charge < -0.3 is 20.8 Å². The molecule has 224 valence electrons. The maximum Gasteiger partial charge on any atom is 0.337 e. The zero-order valence-electron chi connectivity index (χ0n) is 24.0. The van der Waals surface area contributed by atoms with Crippen molar-refractivity contribution in [2.24, 2.45) is 0 Å². The normalized spacial score (nSPS) is 10.8. The molecule has 0 aliphatic heterocycles. The fourth-order valence-electron chi connectivity index (χ4n) is 5.34. The number of fused-ring (bicyclic) bond motifs is 2. The Morgan fingerprint density at radius 2 is 0.826 bits per heavy atom. The van der Waals surface area contributed by atoms with Gasteiger partial charge in [-0.15, -0.1) is 0 Å². The van der Waals surface area contributed by atoms with E-state index in [1.165, 1.54) is 24.3 Å². The Labute approximate surface area is 261 Å². The van der Waals surface area contributed by atoms with Crippen LogP contribution in [0.1, 0.15) is 57.4 Å². The van der Waals surface area contributed by atoms with Crippen LogP contribution in [-0.4, -0.2) is 39.7 Å². The van der Waals surface area contributed by atoms with Crippen molar-refractivity contribution in [2.45, 2.75) is 0 Å². The molecule has 2 amide bonds. The van der Waals surface area contributed by atoms with E-state index in [-0.39, 0.29) is 33.6 Å². The number of carboxylic acids is 2. The molecule has 0 aromatic heterocycles. The molecule has 0 bridgehead atoms. The average Bonchev–Trinajstić information content (AvgIpc) is 3.07. The lowest BCUT2D eigenvalue weighted by Crippen LogP contribution is -2.17. The number of aromatic carboxylic acids is 2. The van der Waals surface area contributed by atoms with Crippen molar-refractivity contribution in [1.29, 1.82) is 0 Å². The molecule has 4 N–H and O–H groups in total. The van der Waals surface area contributed by atoms with E-state index in [1.54, 1.807) is 48.5 Å². The molecule has 0 aliphatic carbocycles. The summed E-state index contributed by atoms with van der Waals surface area (Å²) < 4.78 is 0. The molecule has 0 aliphatic rings. The summed E-state index contributed by atoms with van der Waals surface area (Å²) in [4.78, 5) is 64.1. The zero-order chi connectivity index (χ0) is 32.4. The molecule has 9 nitrogen and oxygen atoms in total. The second-order valence-corrected chi connectivity index (χ2v) is 10.4. The molecule has 6 rings (SSSR count). The van der Waals surface area contributed by atoms with Crippen molar-refractivity contribution in [3.8, 4) is 0 Å². The van der Waals surface area contributed by atoms with Crippen LogP contribution in [0.3, 0.4) is 0 Å². The molecular formula is C37H24N2O7. The number of hydrogen-bond donors (Lipinski definition) is 4. The maximum atomic E-state index is 13.4. The minimum Gasteiger partial charge on any atom is -0.478 e. The Bertz CT molecular complexity index is 2070. The lowest BCUT2D eigenvalue weighted by Gasteiger charge is -2.13. The largest absolute Gasteiger partial charge is 0.478 e. The lowest BCUT2D eigenvalue weighted by molar-refractivity contribution is 0.0687. The molecule has 0 spiro atoms. The van der Waals surface area contributed by atoms with Gasteiger partial charge in [0.25, 0.3) is 11.8 Å². The number of carbonyl (C=O) groups excluding carboxylic acids is 3.